The van der Waals surface area contributed by atoms with Crippen LogP contribution in [0.4, 0.5) is 17.1 Å². The molecule has 0 saturated heterocycles. The molecule has 0 aromatic heterocycles. The monoisotopic (exact) mass is 407 g/mol. The number of amides is 1. The van der Waals surface area contributed by atoms with Gasteiger partial charge in [0.25, 0.3) is 11.6 Å². The normalized spacial score (nSPS) is 10.2. The molecule has 0 saturated carbocycles. The van der Waals surface area contributed by atoms with E-state index in [9.17, 15) is 14.9 Å². The Hall–Kier alpha value is -4.07. The number of carbonyl (C=O) groups excluding carboxylic acids is 1. The van der Waals surface area contributed by atoms with Crippen molar-refractivity contribution in [2.45, 2.75) is 6.54 Å². The molecule has 0 aliphatic heterocycles. The van der Waals surface area contributed by atoms with Gasteiger partial charge in [-0.3, -0.25) is 14.9 Å². The molecule has 0 spiro atoms. The van der Waals surface area contributed by atoms with Gasteiger partial charge >= 0.3 is 0 Å². The summed E-state index contributed by atoms with van der Waals surface area (Å²) in [6.45, 7) is 0.427. The molecule has 0 radical (unpaired) electrons. The summed E-state index contributed by atoms with van der Waals surface area (Å²) in [5.74, 6) is 0.537. The van der Waals surface area contributed by atoms with Crippen LogP contribution in [-0.4, -0.2) is 25.1 Å². The first kappa shape index (κ1) is 20.7. The van der Waals surface area contributed by atoms with Crippen LogP contribution >= 0.6 is 0 Å². The van der Waals surface area contributed by atoms with Crippen molar-refractivity contribution in [3.05, 3.63) is 88.0 Å². The number of carbonyl (C=O) groups is 1. The molecule has 154 valence electrons. The lowest BCUT2D eigenvalue weighted by atomic mass is 10.1. The Kier molecular flexibility index (Phi) is 6.49. The number of rotatable bonds is 8. The van der Waals surface area contributed by atoms with Gasteiger partial charge in [0.2, 0.25) is 0 Å². The number of nitrogens with one attached hydrogen (secondary N) is 2. The summed E-state index contributed by atoms with van der Waals surface area (Å²) in [4.78, 5) is 23.7. The number of ether oxygens (including phenoxy) is 2. The highest BCUT2D eigenvalue weighted by Crippen LogP contribution is 2.28. The van der Waals surface area contributed by atoms with Crippen molar-refractivity contribution < 1.29 is 19.2 Å². The molecule has 3 rings (SSSR count). The van der Waals surface area contributed by atoms with Gasteiger partial charge in [-0.05, 0) is 17.7 Å². The largest absolute Gasteiger partial charge is 0.497 e. The van der Waals surface area contributed by atoms with E-state index in [4.69, 9.17) is 9.47 Å². The smallest absolute Gasteiger partial charge is 0.293 e. The molecule has 3 aromatic rings. The first-order valence-corrected chi connectivity index (χ1v) is 9.11. The molecule has 0 unspecified atom stereocenters. The van der Waals surface area contributed by atoms with E-state index in [1.807, 2.05) is 30.3 Å². The molecule has 8 nitrogen and oxygen atoms in total. The number of hydrogen-bond donors (Lipinski definition) is 2. The minimum absolute atomic E-state index is 0.161. The van der Waals surface area contributed by atoms with Crippen LogP contribution in [0.3, 0.4) is 0 Å². The van der Waals surface area contributed by atoms with Gasteiger partial charge in [0.05, 0.1) is 19.1 Å². The molecular formula is C22H21N3O5. The molecule has 2 N–H and O–H groups in total. The van der Waals surface area contributed by atoms with Gasteiger partial charge < -0.3 is 20.1 Å². The van der Waals surface area contributed by atoms with Gasteiger partial charge in [-0.2, -0.15) is 0 Å². The lowest BCUT2D eigenvalue weighted by Crippen LogP contribution is -2.13. The van der Waals surface area contributed by atoms with Gasteiger partial charge in [-0.25, -0.2) is 0 Å². The number of hydrogen-bond acceptors (Lipinski definition) is 6. The van der Waals surface area contributed by atoms with Crippen molar-refractivity contribution in [1.29, 1.82) is 0 Å². The van der Waals surface area contributed by atoms with Crippen LogP contribution in [0.2, 0.25) is 0 Å². The molecular weight excluding hydrogens is 386 g/mol. The summed E-state index contributed by atoms with van der Waals surface area (Å²) in [5, 5.41) is 17.3. The zero-order valence-electron chi connectivity index (χ0n) is 16.5. The van der Waals surface area contributed by atoms with E-state index in [-0.39, 0.29) is 11.3 Å². The molecule has 3 aromatic carbocycles. The van der Waals surface area contributed by atoms with E-state index in [1.165, 1.54) is 32.4 Å². The van der Waals surface area contributed by atoms with Crippen LogP contribution in [0.15, 0.2) is 66.7 Å². The van der Waals surface area contributed by atoms with Crippen LogP contribution in [0.25, 0.3) is 0 Å². The van der Waals surface area contributed by atoms with Crippen LogP contribution in [0, 0.1) is 10.1 Å². The Morgan fingerprint density at radius 2 is 1.63 bits per heavy atom. The Balaban J connectivity index is 1.80. The standard InChI is InChI=1S/C22H21N3O5/c1-29-18-11-17(12-19(13-18)30-2)24-22(26)16-8-9-20(21(10-16)25(27)28)23-14-15-6-4-3-5-7-15/h3-13,23H,14H2,1-2H3,(H,24,26). The predicted molar refractivity (Wildman–Crippen MR) is 114 cm³/mol. The van der Waals surface area contributed by atoms with Gasteiger partial charge in [-0.15, -0.1) is 0 Å². The molecule has 1 amide bonds. The van der Waals surface area contributed by atoms with Crippen molar-refractivity contribution in [3.63, 3.8) is 0 Å². The summed E-state index contributed by atoms with van der Waals surface area (Å²) >= 11 is 0. The van der Waals surface area contributed by atoms with Crippen molar-refractivity contribution in [2.24, 2.45) is 0 Å². The molecule has 0 fully saturated rings. The third-order valence-corrected chi connectivity index (χ3v) is 4.39. The zero-order chi connectivity index (χ0) is 21.5. The van der Waals surface area contributed by atoms with Gasteiger partial charge in [0.1, 0.15) is 17.2 Å². The quantitative estimate of drug-likeness (QED) is 0.422. The lowest BCUT2D eigenvalue weighted by Gasteiger charge is -2.11. The summed E-state index contributed by atoms with van der Waals surface area (Å²) in [5.41, 5.74) is 1.75. The molecule has 0 bridgehead atoms. The first-order valence-electron chi connectivity index (χ1n) is 9.11. The van der Waals surface area contributed by atoms with Gasteiger partial charge in [-0.1, -0.05) is 30.3 Å². The predicted octanol–water partition coefficient (Wildman–Crippen LogP) is 4.48. The van der Waals surface area contributed by atoms with Crippen LogP contribution < -0.4 is 20.1 Å². The average Bonchev–Trinajstić information content (AvgIpc) is 2.77. The minimum atomic E-state index is -0.515. The minimum Gasteiger partial charge on any atom is -0.497 e. The molecule has 0 heterocycles. The number of nitro benzene ring substituents is 1. The highest BCUT2D eigenvalue weighted by molar-refractivity contribution is 6.05. The fraction of sp³-hybridized carbons (Fsp3) is 0.136. The lowest BCUT2D eigenvalue weighted by molar-refractivity contribution is -0.384. The topological polar surface area (TPSA) is 103 Å². The van der Waals surface area contributed by atoms with Crippen LogP contribution in [0.5, 0.6) is 11.5 Å². The number of nitro groups is 1. The fourth-order valence-electron chi connectivity index (χ4n) is 2.85. The number of benzene rings is 3. The number of anilines is 2. The van der Waals surface area contributed by atoms with E-state index in [2.05, 4.69) is 10.6 Å². The number of nitrogens with zero attached hydrogens (tertiary/aromatic N) is 1. The first-order chi connectivity index (χ1) is 14.5. The Morgan fingerprint density at radius 1 is 0.967 bits per heavy atom. The Labute approximate surface area is 173 Å². The van der Waals surface area contributed by atoms with E-state index in [1.54, 1.807) is 18.2 Å². The molecule has 30 heavy (non-hydrogen) atoms. The second kappa shape index (κ2) is 9.42. The fourth-order valence-corrected chi connectivity index (χ4v) is 2.85. The Morgan fingerprint density at radius 3 is 2.23 bits per heavy atom. The second-order valence-corrected chi connectivity index (χ2v) is 6.38. The third-order valence-electron chi connectivity index (χ3n) is 4.39. The number of methoxy groups -OCH3 is 2. The molecule has 8 heteroatoms. The van der Waals surface area contributed by atoms with E-state index in [0.717, 1.165) is 5.56 Å². The third kappa shape index (κ3) is 5.05. The van der Waals surface area contributed by atoms with E-state index >= 15 is 0 Å². The molecule has 0 aliphatic carbocycles. The maximum Gasteiger partial charge on any atom is 0.293 e. The second-order valence-electron chi connectivity index (χ2n) is 6.38. The van der Waals surface area contributed by atoms with Crippen molar-refractivity contribution in [3.8, 4) is 11.5 Å². The summed E-state index contributed by atoms with van der Waals surface area (Å²) < 4.78 is 10.4. The average molecular weight is 407 g/mol. The van der Waals surface area contributed by atoms with Gasteiger partial charge in [0.15, 0.2) is 0 Å². The van der Waals surface area contributed by atoms with E-state index < -0.39 is 10.8 Å². The SMILES string of the molecule is COc1cc(NC(=O)c2ccc(NCc3ccccc3)c([N+](=O)[O-])c2)cc(OC)c1. The van der Waals surface area contributed by atoms with Crippen LogP contribution in [0.1, 0.15) is 15.9 Å². The van der Waals surface area contributed by atoms with E-state index in [0.29, 0.717) is 29.4 Å². The maximum absolute atomic E-state index is 12.6. The Bertz CT molecular complexity index is 1030. The molecule has 0 atom stereocenters. The highest BCUT2D eigenvalue weighted by atomic mass is 16.6. The highest BCUT2D eigenvalue weighted by Gasteiger charge is 2.18. The van der Waals surface area contributed by atoms with Gasteiger partial charge in [0, 0.05) is 42.1 Å². The van der Waals surface area contributed by atoms with Crippen LogP contribution in [-0.2, 0) is 6.54 Å². The summed E-state index contributed by atoms with van der Waals surface area (Å²) in [6, 6.07) is 18.8. The zero-order valence-corrected chi connectivity index (χ0v) is 16.5. The maximum atomic E-state index is 12.6. The summed E-state index contributed by atoms with van der Waals surface area (Å²) in [7, 11) is 3.01. The van der Waals surface area contributed by atoms with Crippen molar-refractivity contribution >= 4 is 23.0 Å². The molecule has 0 aliphatic rings. The summed E-state index contributed by atoms with van der Waals surface area (Å²) in [6.07, 6.45) is 0. The van der Waals surface area contributed by atoms with Crippen molar-refractivity contribution in [1.82, 2.24) is 0 Å². The van der Waals surface area contributed by atoms with Crippen molar-refractivity contribution in [2.75, 3.05) is 24.9 Å².